The summed E-state index contributed by atoms with van der Waals surface area (Å²) in [6.45, 7) is 6.73. The Bertz CT molecular complexity index is 2170. The topological polar surface area (TPSA) is 173 Å². The summed E-state index contributed by atoms with van der Waals surface area (Å²) in [5, 5.41) is 6.16. The number of pyridine rings is 1. The maximum Gasteiger partial charge on any atom is 0.427 e. The van der Waals surface area contributed by atoms with Gasteiger partial charge in [0.25, 0.3) is 5.91 Å². The molecule has 58 heavy (non-hydrogen) atoms. The van der Waals surface area contributed by atoms with Crippen LogP contribution in [0.4, 0.5) is 18.0 Å². The molecule has 5 atom stereocenters. The van der Waals surface area contributed by atoms with Gasteiger partial charge in [-0.05, 0) is 103 Å². The minimum atomic E-state index is -4.89. The number of aromatic nitrogens is 1. The molecule has 13 nitrogen and oxygen atoms in total. The van der Waals surface area contributed by atoms with E-state index >= 15 is 0 Å². The van der Waals surface area contributed by atoms with Crippen molar-refractivity contribution in [1.82, 2.24) is 25.2 Å². The molecule has 5 aliphatic rings. The van der Waals surface area contributed by atoms with Gasteiger partial charge in [0, 0.05) is 23.3 Å². The van der Waals surface area contributed by atoms with Crippen LogP contribution in [-0.2, 0) is 42.0 Å². The Morgan fingerprint density at radius 1 is 1.10 bits per heavy atom. The number of hydrogen-bond donors (Lipinski definition) is 3. The maximum absolute atomic E-state index is 14.7. The van der Waals surface area contributed by atoms with Gasteiger partial charge in [-0.25, -0.2) is 18.2 Å². The van der Waals surface area contributed by atoms with Crippen LogP contribution in [0.3, 0.4) is 0 Å². The highest BCUT2D eigenvalue weighted by atomic mass is 32.2. The van der Waals surface area contributed by atoms with Crippen LogP contribution in [0.1, 0.15) is 109 Å². The molecule has 4 amide bonds. The first-order chi connectivity index (χ1) is 27.1. The lowest BCUT2D eigenvalue weighted by molar-refractivity contribution is -0.244. The fourth-order valence-electron chi connectivity index (χ4n) is 8.42. The van der Waals surface area contributed by atoms with Crippen molar-refractivity contribution in [3.63, 3.8) is 0 Å². The van der Waals surface area contributed by atoms with E-state index in [0.717, 1.165) is 28.5 Å². The van der Waals surface area contributed by atoms with E-state index in [0.29, 0.717) is 76.7 Å². The van der Waals surface area contributed by atoms with E-state index in [4.69, 9.17) is 14.5 Å². The minimum absolute atomic E-state index is 0.0245. The Morgan fingerprint density at radius 3 is 2.53 bits per heavy atom. The number of sulfonamides is 1. The van der Waals surface area contributed by atoms with E-state index in [2.05, 4.69) is 28.3 Å². The molecule has 0 bridgehead atoms. The number of alkyl carbamates (subject to hydrolysis) is 1. The van der Waals surface area contributed by atoms with Gasteiger partial charge in [-0.2, -0.15) is 13.2 Å². The highest BCUT2D eigenvalue weighted by Gasteiger charge is 2.64. The molecule has 316 valence electrons. The number of ether oxygens (including phenoxy) is 2. The molecule has 17 heteroatoms. The quantitative estimate of drug-likeness (QED) is 0.314. The molecule has 1 saturated heterocycles. The predicted molar refractivity (Wildman–Crippen MR) is 207 cm³/mol. The van der Waals surface area contributed by atoms with E-state index < -0.39 is 79.5 Å². The van der Waals surface area contributed by atoms with Crippen molar-refractivity contribution in [3.05, 3.63) is 47.2 Å². The summed E-state index contributed by atoms with van der Waals surface area (Å²) in [5.74, 6) is -2.29. The number of fused-ring (bicyclic) bond motifs is 5. The van der Waals surface area contributed by atoms with Crippen LogP contribution in [0, 0.1) is 12.8 Å². The number of alkyl halides is 3. The van der Waals surface area contributed by atoms with Crippen LogP contribution in [0.5, 0.6) is 5.75 Å². The molecule has 1 spiro atoms. The number of aryl methyl sites for hydroxylation is 3. The number of carbonyl (C=O) groups is 4. The molecular weight excluding hydrogens is 780 g/mol. The molecule has 3 aliphatic heterocycles. The van der Waals surface area contributed by atoms with Crippen molar-refractivity contribution in [2.24, 2.45) is 5.92 Å². The Labute approximate surface area is 336 Å². The van der Waals surface area contributed by atoms with E-state index in [1.54, 1.807) is 13.0 Å². The number of allylic oxidation sites excluding steroid dienone is 1. The Balaban J connectivity index is 1.24. The number of nitrogens with one attached hydrogen (secondary N) is 3. The van der Waals surface area contributed by atoms with Crippen LogP contribution in [-0.4, -0.2) is 88.4 Å². The zero-order valence-corrected chi connectivity index (χ0v) is 34.3. The number of hydrogen-bond acceptors (Lipinski definition) is 9. The third kappa shape index (κ3) is 7.74. The van der Waals surface area contributed by atoms with Crippen LogP contribution in [0.15, 0.2) is 30.4 Å². The highest BCUT2D eigenvalue weighted by Crippen LogP contribution is 2.49. The third-order valence-electron chi connectivity index (χ3n) is 12.8. The monoisotopic (exact) mass is 831 g/mol. The smallest absolute Gasteiger partial charge is 0.427 e. The summed E-state index contributed by atoms with van der Waals surface area (Å²) in [7, 11) is -4.06. The van der Waals surface area contributed by atoms with Gasteiger partial charge in [-0.15, -0.1) is 0 Å². The molecule has 3 N–H and O–H groups in total. The summed E-state index contributed by atoms with van der Waals surface area (Å²) in [4.78, 5) is 62.4. The van der Waals surface area contributed by atoms with Crippen molar-refractivity contribution in [1.29, 1.82) is 0 Å². The molecule has 4 heterocycles. The van der Waals surface area contributed by atoms with E-state index in [-0.39, 0.29) is 25.8 Å². The van der Waals surface area contributed by atoms with Gasteiger partial charge >= 0.3 is 12.3 Å². The van der Waals surface area contributed by atoms with Gasteiger partial charge in [-0.3, -0.25) is 19.1 Å². The maximum atomic E-state index is 14.7. The number of nitrogens with zero attached hydrogens (tertiary/aromatic N) is 2. The lowest BCUT2D eigenvalue weighted by atomic mass is 9.87. The zero-order chi connectivity index (χ0) is 42.1. The van der Waals surface area contributed by atoms with Crippen molar-refractivity contribution in [3.8, 4) is 5.75 Å². The fraction of sp³-hybridized carbons (Fsp3) is 0.634. The van der Waals surface area contributed by atoms with Gasteiger partial charge < -0.3 is 25.0 Å². The fourth-order valence-corrected chi connectivity index (χ4v) is 9.73. The number of carbonyl (C=O) groups excluding carboxylic acids is 4. The molecule has 0 radical (unpaired) electrons. The summed E-state index contributed by atoms with van der Waals surface area (Å²) in [6.07, 6.45) is 2.23. The van der Waals surface area contributed by atoms with E-state index in [9.17, 15) is 40.8 Å². The van der Waals surface area contributed by atoms with Crippen LogP contribution in [0.25, 0.3) is 10.9 Å². The summed E-state index contributed by atoms with van der Waals surface area (Å²) < 4.78 is 80.3. The van der Waals surface area contributed by atoms with Crippen molar-refractivity contribution in [2.75, 3.05) is 6.54 Å². The molecular formula is C41H52F3N5O8S. The lowest BCUT2D eigenvalue weighted by Gasteiger charge is -2.37. The van der Waals surface area contributed by atoms with Gasteiger partial charge in [0.2, 0.25) is 27.4 Å². The first kappa shape index (κ1) is 41.7. The summed E-state index contributed by atoms with van der Waals surface area (Å²) in [6, 6.07) is 3.45. The second-order valence-corrected chi connectivity index (χ2v) is 19.7. The Morgan fingerprint density at radius 2 is 1.84 bits per heavy atom. The van der Waals surface area contributed by atoms with Crippen molar-refractivity contribution >= 4 is 44.7 Å². The van der Waals surface area contributed by atoms with Crippen LogP contribution in [0.2, 0.25) is 0 Å². The average Bonchev–Trinajstić information content (AvgIpc) is 4.04. The first-order valence-electron chi connectivity index (χ1n) is 20.2. The van der Waals surface area contributed by atoms with Gasteiger partial charge in [0.15, 0.2) is 0 Å². The molecule has 2 saturated carbocycles. The SMILES string of the molecule is CCc1ccc2nc(C)c3c(c2c1)CC[C@]1(C[C@H]2C(=O)N[C@]4(C(=O)NS(=O)(=O)C5(C)CC5)C[C@H]4/C=C\CCCCC[C@H](NC(=O)OC(C)(C)C(F)(F)F)C(=O)N2C1)O3. The number of halogens is 3. The zero-order valence-electron chi connectivity index (χ0n) is 33.5. The Hall–Kier alpha value is -4.41. The number of amides is 4. The average molecular weight is 832 g/mol. The summed E-state index contributed by atoms with van der Waals surface area (Å²) in [5.41, 5.74) is -2.09. The minimum Gasteiger partial charge on any atom is -0.483 e. The van der Waals surface area contributed by atoms with Gasteiger partial charge in [0.1, 0.15) is 29.0 Å². The summed E-state index contributed by atoms with van der Waals surface area (Å²) >= 11 is 0. The number of benzene rings is 1. The molecule has 7 rings (SSSR count). The van der Waals surface area contributed by atoms with E-state index in [1.807, 2.05) is 25.1 Å². The third-order valence-corrected chi connectivity index (χ3v) is 14.9. The lowest BCUT2D eigenvalue weighted by Crippen LogP contribution is -2.59. The molecule has 1 aromatic carbocycles. The largest absolute Gasteiger partial charge is 0.483 e. The molecule has 2 aromatic rings. The predicted octanol–water partition coefficient (Wildman–Crippen LogP) is 5.60. The number of rotatable bonds is 6. The first-order valence-corrected chi connectivity index (χ1v) is 21.6. The molecule has 3 fully saturated rings. The van der Waals surface area contributed by atoms with Crippen LogP contribution >= 0.6 is 0 Å². The van der Waals surface area contributed by atoms with Gasteiger partial charge in [0.05, 0.1) is 22.5 Å². The van der Waals surface area contributed by atoms with Gasteiger partial charge in [-0.1, -0.05) is 38.0 Å². The van der Waals surface area contributed by atoms with E-state index in [1.165, 1.54) is 4.90 Å². The Kier molecular flexibility index (Phi) is 10.6. The van der Waals surface area contributed by atoms with Crippen LogP contribution < -0.4 is 20.1 Å². The second-order valence-electron chi connectivity index (χ2n) is 17.5. The molecule has 2 aliphatic carbocycles. The van der Waals surface area contributed by atoms with Crippen molar-refractivity contribution < 1.29 is 50.2 Å². The molecule has 1 aromatic heterocycles. The standard InChI is InChI=1S/C41H52F3N5O8S/c1-6-25-14-15-29-28(20-25)27-16-17-39(56-32(27)24(2)45-29)22-31-33(50)47-40(35(52)48-58(54,55)38(5)18-19-38)21-26(40)12-10-8-7-9-11-13-30(34(51)49(31)23-39)46-36(53)57-37(3,4)41(42,43)44/h10,12,14-15,20,26,30-31H,6-9,11,13,16-19,21-23H2,1-5H3,(H,46,53)(H,47,50)(H,48,52)/b12-10-/t26-,30+,31+,39-,40-/m1/s1. The molecule has 0 unspecified atom stereocenters. The normalized spacial score (nSPS) is 29.1. The van der Waals surface area contributed by atoms with Crippen molar-refractivity contribution in [2.45, 2.75) is 151 Å². The highest BCUT2D eigenvalue weighted by molar-refractivity contribution is 7.91. The second kappa shape index (κ2) is 14.7.